The summed E-state index contributed by atoms with van der Waals surface area (Å²) in [5.41, 5.74) is 10.2. The van der Waals surface area contributed by atoms with Gasteiger partial charge in [-0.25, -0.2) is 19.7 Å². The van der Waals surface area contributed by atoms with E-state index in [1.807, 2.05) is 22.6 Å². The quantitative estimate of drug-likeness (QED) is 0.216. The van der Waals surface area contributed by atoms with E-state index in [0.29, 0.717) is 16.7 Å². The van der Waals surface area contributed by atoms with Crippen molar-refractivity contribution in [3.05, 3.63) is 10.2 Å². The van der Waals surface area contributed by atoms with Gasteiger partial charge in [-0.1, -0.05) is 0 Å². The van der Waals surface area contributed by atoms with E-state index in [1.165, 1.54) is 10.9 Å². The molecule has 4 unspecified atom stereocenters. The lowest BCUT2D eigenvalue weighted by molar-refractivity contribution is -0.172. The molecule has 0 radical (unpaired) electrons. The third kappa shape index (κ3) is 2.90. The Morgan fingerprint density at radius 1 is 1.33 bits per heavy atom. The van der Waals surface area contributed by atoms with Crippen LogP contribution in [0.15, 0.2) is 6.33 Å². The molecule has 2 fully saturated rings. The molecule has 2 aromatic rings. The number of nitrogen functional groups attached to an aromatic ring is 1. The van der Waals surface area contributed by atoms with Crippen LogP contribution in [0, 0.1) is 3.83 Å². The number of aromatic nitrogens is 4. The van der Waals surface area contributed by atoms with Crippen LogP contribution >= 0.6 is 22.6 Å². The first kappa shape index (κ1) is 18.3. The minimum Gasteiger partial charge on any atom is -0.447 e. The van der Waals surface area contributed by atoms with E-state index in [-0.39, 0.29) is 17.0 Å². The molecule has 4 rings (SSSR count). The van der Waals surface area contributed by atoms with Crippen molar-refractivity contribution >= 4 is 51.4 Å². The van der Waals surface area contributed by atoms with Crippen LogP contribution in [0.5, 0.6) is 0 Å². The number of halogens is 1. The number of carbonyl (C=O) groups excluding carboxylic acids is 2. The maximum absolute atomic E-state index is 12.4. The molecule has 2 aromatic heterocycles. The molecule has 0 spiro atoms. The number of nitrogens with zero attached hydrogens (tertiary/aromatic N) is 4. The van der Waals surface area contributed by atoms with Gasteiger partial charge >= 0.3 is 5.97 Å². The molecule has 2 aliphatic rings. The summed E-state index contributed by atoms with van der Waals surface area (Å²) in [5, 5.41) is 20.6. The first-order chi connectivity index (χ1) is 12.7. The second kappa shape index (κ2) is 6.22. The fourth-order valence-electron chi connectivity index (χ4n) is 2.94. The number of esters is 1. The number of aliphatic hydroxyl groups excluding tert-OH is 2. The third-order valence-corrected chi connectivity index (χ3v) is 5.10. The SMILES string of the molecule is NC(=O)C1(OC(=O)C2OC(n3cnc4c(N)nc(I)nc43)C(O)C2O)CC1. The second-order valence-corrected chi connectivity index (χ2v) is 7.37. The van der Waals surface area contributed by atoms with E-state index in [1.54, 1.807) is 0 Å². The molecule has 144 valence electrons. The lowest BCUT2D eigenvalue weighted by atomic mass is 10.1. The molecule has 1 aliphatic heterocycles. The zero-order valence-corrected chi connectivity index (χ0v) is 15.8. The van der Waals surface area contributed by atoms with Crippen LogP contribution in [-0.2, 0) is 19.1 Å². The lowest BCUT2D eigenvalue weighted by Crippen LogP contribution is -2.42. The van der Waals surface area contributed by atoms with Gasteiger partial charge in [-0.05, 0) is 0 Å². The summed E-state index contributed by atoms with van der Waals surface area (Å²) in [6.45, 7) is 0. The number of rotatable bonds is 4. The molecule has 1 amide bonds. The van der Waals surface area contributed by atoms with E-state index in [4.69, 9.17) is 20.9 Å². The fourth-order valence-corrected chi connectivity index (χ4v) is 3.43. The monoisotopic (exact) mass is 490 g/mol. The largest absolute Gasteiger partial charge is 0.447 e. The highest BCUT2D eigenvalue weighted by atomic mass is 127. The minimum absolute atomic E-state index is 0.143. The molecule has 1 saturated carbocycles. The van der Waals surface area contributed by atoms with Gasteiger partial charge in [0, 0.05) is 35.4 Å². The predicted octanol–water partition coefficient (Wildman–Crippen LogP) is -1.81. The van der Waals surface area contributed by atoms with Crippen molar-refractivity contribution in [3.63, 3.8) is 0 Å². The van der Waals surface area contributed by atoms with Gasteiger partial charge in [-0.15, -0.1) is 0 Å². The van der Waals surface area contributed by atoms with Crippen LogP contribution in [0.1, 0.15) is 19.1 Å². The average Bonchev–Trinajstić information content (AvgIpc) is 3.17. The Bertz CT molecular complexity index is 946. The summed E-state index contributed by atoms with van der Waals surface area (Å²) in [6.07, 6.45) is -3.80. The first-order valence-corrected chi connectivity index (χ1v) is 9.01. The number of aliphatic hydroxyl groups is 2. The van der Waals surface area contributed by atoms with Crippen molar-refractivity contribution < 1.29 is 29.3 Å². The molecule has 0 bridgehead atoms. The third-order valence-electron chi connectivity index (χ3n) is 4.61. The molecule has 4 atom stereocenters. The Balaban J connectivity index is 1.61. The maximum Gasteiger partial charge on any atom is 0.339 e. The summed E-state index contributed by atoms with van der Waals surface area (Å²) in [5.74, 6) is -1.60. The molecule has 1 aliphatic carbocycles. The number of hydrogen-bond donors (Lipinski definition) is 4. The Morgan fingerprint density at radius 3 is 2.67 bits per heavy atom. The van der Waals surface area contributed by atoms with E-state index in [0.717, 1.165) is 0 Å². The zero-order valence-electron chi connectivity index (χ0n) is 13.6. The molecular formula is C14H15IN6O6. The second-order valence-electron chi connectivity index (χ2n) is 6.41. The van der Waals surface area contributed by atoms with Gasteiger partial charge in [0.15, 0.2) is 33.2 Å². The summed E-state index contributed by atoms with van der Waals surface area (Å²) < 4.78 is 12.3. The number of fused-ring (bicyclic) bond motifs is 1. The number of carbonyl (C=O) groups is 2. The average molecular weight is 490 g/mol. The molecule has 6 N–H and O–H groups in total. The maximum atomic E-state index is 12.4. The lowest BCUT2D eigenvalue weighted by Gasteiger charge is -2.18. The van der Waals surface area contributed by atoms with Crippen LogP contribution in [0.25, 0.3) is 11.2 Å². The molecule has 0 aromatic carbocycles. The Kier molecular flexibility index (Phi) is 4.21. The summed E-state index contributed by atoms with van der Waals surface area (Å²) in [6, 6.07) is 0. The van der Waals surface area contributed by atoms with Gasteiger partial charge in [0.1, 0.15) is 17.7 Å². The fraction of sp³-hybridized carbons (Fsp3) is 0.500. The number of primary amides is 1. The van der Waals surface area contributed by atoms with Crippen molar-refractivity contribution in [2.45, 2.75) is 43.0 Å². The predicted molar refractivity (Wildman–Crippen MR) is 95.6 cm³/mol. The van der Waals surface area contributed by atoms with E-state index >= 15 is 0 Å². The molecule has 27 heavy (non-hydrogen) atoms. The Hall–Kier alpha value is -2.10. The zero-order chi connectivity index (χ0) is 19.5. The van der Waals surface area contributed by atoms with Gasteiger partial charge in [-0.2, -0.15) is 0 Å². The van der Waals surface area contributed by atoms with Crippen LogP contribution in [0.3, 0.4) is 0 Å². The van der Waals surface area contributed by atoms with Crippen molar-refractivity contribution in [1.29, 1.82) is 0 Å². The van der Waals surface area contributed by atoms with Crippen molar-refractivity contribution in [3.8, 4) is 0 Å². The van der Waals surface area contributed by atoms with Crippen molar-refractivity contribution in [2.24, 2.45) is 5.73 Å². The number of imidazole rings is 1. The number of amides is 1. The highest BCUT2D eigenvalue weighted by molar-refractivity contribution is 14.1. The smallest absolute Gasteiger partial charge is 0.339 e. The van der Waals surface area contributed by atoms with Crippen LogP contribution in [0.4, 0.5) is 5.82 Å². The van der Waals surface area contributed by atoms with Crippen LogP contribution in [0.2, 0.25) is 0 Å². The number of nitrogens with two attached hydrogens (primary N) is 2. The molecule has 13 heteroatoms. The molecule has 1 saturated heterocycles. The number of hydrogen-bond acceptors (Lipinski definition) is 10. The summed E-state index contributed by atoms with van der Waals surface area (Å²) >= 11 is 1.87. The van der Waals surface area contributed by atoms with E-state index in [9.17, 15) is 19.8 Å². The van der Waals surface area contributed by atoms with Gasteiger partial charge in [0.2, 0.25) is 0 Å². The van der Waals surface area contributed by atoms with Crippen molar-refractivity contribution in [2.75, 3.05) is 5.73 Å². The number of ether oxygens (including phenoxy) is 2. The highest BCUT2D eigenvalue weighted by Gasteiger charge is 2.56. The number of anilines is 1. The topological polar surface area (TPSA) is 189 Å². The summed E-state index contributed by atoms with van der Waals surface area (Å²) in [4.78, 5) is 36.0. The van der Waals surface area contributed by atoms with E-state index < -0.39 is 42.0 Å². The summed E-state index contributed by atoms with van der Waals surface area (Å²) in [7, 11) is 0. The normalized spacial score (nSPS) is 29.0. The Labute approximate surface area is 165 Å². The van der Waals surface area contributed by atoms with Gasteiger partial charge < -0.3 is 31.2 Å². The van der Waals surface area contributed by atoms with E-state index in [2.05, 4.69) is 15.0 Å². The van der Waals surface area contributed by atoms with Crippen LogP contribution < -0.4 is 11.5 Å². The standard InChI is InChI=1S/C14H15IN6O6/c15-13-19-8(16)4-9(20-13)21(3-18-4)10-6(23)5(22)7(26-10)11(24)27-14(1-2-14)12(17)25/h3,5-7,10,22-23H,1-2H2,(H2,17,25)(H2,16,19,20). The highest BCUT2D eigenvalue weighted by Crippen LogP contribution is 2.41. The van der Waals surface area contributed by atoms with Crippen LogP contribution in [-0.4, -0.2) is 65.5 Å². The molecular weight excluding hydrogens is 475 g/mol. The van der Waals surface area contributed by atoms with Gasteiger partial charge in [0.25, 0.3) is 5.91 Å². The molecule has 12 nitrogen and oxygen atoms in total. The molecule has 3 heterocycles. The Morgan fingerprint density at radius 2 is 2.04 bits per heavy atom. The first-order valence-electron chi connectivity index (χ1n) is 7.93. The van der Waals surface area contributed by atoms with Crippen molar-refractivity contribution in [1.82, 2.24) is 19.5 Å². The van der Waals surface area contributed by atoms with Gasteiger partial charge in [0.05, 0.1) is 6.33 Å². The van der Waals surface area contributed by atoms with Gasteiger partial charge in [-0.3, -0.25) is 9.36 Å². The minimum atomic E-state index is -1.58.